The van der Waals surface area contributed by atoms with E-state index in [1.807, 2.05) is 20.8 Å². The molecule has 0 radical (unpaired) electrons. The monoisotopic (exact) mass is 158 g/mol. The maximum Gasteiger partial charge on any atom is 0.123 e. The maximum absolute atomic E-state index is 9.35. The standard InChI is InChI=1S/C8H18N2O/c1-5-7(4)8(11)10-9-6(2)3/h7-11H,2,5H2,1,3-4H3. The lowest BCUT2D eigenvalue weighted by atomic mass is 10.1. The summed E-state index contributed by atoms with van der Waals surface area (Å²) in [5.41, 5.74) is 6.30. The number of rotatable bonds is 5. The fourth-order valence-electron chi connectivity index (χ4n) is 0.563. The Hall–Kier alpha value is -0.540. The zero-order valence-electron chi connectivity index (χ0n) is 7.52. The Balaban J connectivity index is 3.51. The van der Waals surface area contributed by atoms with Crippen molar-refractivity contribution in [3.63, 3.8) is 0 Å². The van der Waals surface area contributed by atoms with Crippen molar-refractivity contribution in [2.75, 3.05) is 0 Å². The third kappa shape index (κ3) is 4.81. The van der Waals surface area contributed by atoms with Crippen LogP contribution in [0.3, 0.4) is 0 Å². The number of aliphatic hydroxyl groups excluding tert-OH is 1. The highest BCUT2D eigenvalue weighted by Crippen LogP contribution is 2.03. The molecule has 66 valence electrons. The molecule has 0 aromatic heterocycles. The Kier molecular flexibility index (Phi) is 4.90. The Morgan fingerprint density at radius 2 is 2.18 bits per heavy atom. The van der Waals surface area contributed by atoms with Crippen molar-refractivity contribution >= 4 is 0 Å². The Bertz CT molecular complexity index is 125. The van der Waals surface area contributed by atoms with Gasteiger partial charge in [-0.1, -0.05) is 20.4 Å². The van der Waals surface area contributed by atoms with Crippen LogP contribution in [0.1, 0.15) is 27.2 Å². The van der Waals surface area contributed by atoms with E-state index in [2.05, 4.69) is 17.4 Å². The van der Waals surface area contributed by atoms with Gasteiger partial charge in [0.25, 0.3) is 0 Å². The third-order valence-corrected chi connectivity index (χ3v) is 1.62. The molecule has 0 saturated heterocycles. The molecule has 3 heteroatoms. The molecule has 0 aliphatic carbocycles. The second-order valence-electron chi connectivity index (χ2n) is 2.88. The molecule has 0 fully saturated rings. The first-order valence-electron chi connectivity index (χ1n) is 3.93. The summed E-state index contributed by atoms with van der Waals surface area (Å²) in [5, 5.41) is 9.35. The zero-order chi connectivity index (χ0) is 8.85. The lowest BCUT2D eigenvalue weighted by Crippen LogP contribution is -2.42. The van der Waals surface area contributed by atoms with Crippen LogP contribution in [0.4, 0.5) is 0 Å². The summed E-state index contributed by atoms with van der Waals surface area (Å²) < 4.78 is 0. The molecule has 0 spiro atoms. The molecule has 0 aromatic rings. The van der Waals surface area contributed by atoms with Gasteiger partial charge in [-0.25, -0.2) is 5.43 Å². The van der Waals surface area contributed by atoms with Crippen LogP contribution in [0.25, 0.3) is 0 Å². The first kappa shape index (κ1) is 10.5. The number of hydrogen-bond donors (Lipinski definition) is 3. The van der Waals surface area contributed by atoms with Crippen molar-refractivity contribution in [2.24, 2.45) is 5.92 Å². The summed E-state index contributed by atoms with van der Waals surface area (Å²) >= 11 is 0. The van der Waals surface area contributed by atoms with E-state index in [4.69, 9.17) is 0 Å². The molecule has 0 aromatic carbocycles. The van der Waals surface area contributed by atoms with Gasteiger partial charge >= 0.3 is 0 Å². The smallest absolute Gasteiger partial charge is 0.123 e. The third-order valence-electron chi connectivity index (χ3n) is 1.62. The van der Waals surface area contributed by atoms with Gasteiger partial charge in [0.1, 0.15) is 6.23 Å². The Morgan fingerprint density at radius 3 is 2.55 bits per heavy atom. The van der Waals surface area contributed by atoms with E-state index in [1.165, 1.54) is 0 Å². The van der Waals surface area contributed by atoms with Crippen molar-refractivity contribution < 1.29 is 5.11 Å². The van der Waals surface area contributed by atoms with Crippen molar-refractivity contribution in [3.8, 4) is 0 Å². The van der Waals surface area contributed by atoms with E-state index >= 15 is 0 Å². The number of allylic oxidation sites excluding steroid dienone is 1. The predicted molar refractivity (Wildman–Crippen MR) is 46.5 cm³/mol. The lowest BCUT2D eigenvalue weighted by Gasteiger charge is -2.19. The van der Waals surface area contributed by atoms with E-state index in [0.717, 1.165) is 12.1 Å². The van der Waals surface area contributed by atoms with E-state index in [9.17, 15) is 5.11 Å². The zero-order valence-corrected chi connectivity index (χ0v) is 7.52. The van der Waals surface area contributed by atoms with Gasteiger partial charge in [-0.05, 0) is 19.3 Å². The van der Waals surface area contributed by atoms with E-state index in [-0.39, 0.29) is 5.92 Å². The summed E-state index contributed by atoms with van der Waals surface area (Å²) in [6.45, 7) is 9.48. The highest BCUT2D eigenvalue weighted by Gasteiger charge is 2.09. The topological polar surface area (TPSA) is 44.3 Å². The highest BCUT2D eigenvalue weighted by atomic mass is 16.3. The summed E-state index contributed by atoms with van der Waals surface area (Å²) in [4.78, 5) is 0. The van der Waals surface area contributed by atoms with Gasteiger partial charge in [-0.15, -0.1) is 0 Å². The summed E-state index contributed by atoms with van der Waals surface area (Å²) in [5.74, 6) is 0.252. The molecule has 3 nitrogen and oxygen atoms in total. The molecule has 11 heavy (non-hydrogen) atoms. The van der Waals surface area contributed by atoms with Gasteiger partial charge in [-0.3, -0.25) is 0 Å². The number of hydrazine groups is 1. The maximum atomic E-state index is 9.35. The molecule has 0 saturated carbocycles. The second kappa shape index (κ2) is 5.16. The second-order valence-corrected chi connectivity index (χ2v) is 2.88. The normalized spacial score (nSPS) is 15.6. The molecule has 0 aliphatic rings. The van der Waals surface area contributed by atoms with Gasteiger partial charge in [0.2, 0.25) is 0 Å². The molecule has 0 aliphatic heterocycles. The van der Waals surface area contributed by atoms with Crippen LogP contribution >= 0.6 is 0 Å². The first-order valence-corrected chi connectivity index (χ1v) is 3.93. The number of hydrogen-bond acceptors (Lipinski definition) is 3. The fraction of sp³-hybridized carbons (Fsp3) is 0.750. The van der Waals surface area contributed by atoms with Gasteiger partial charge in [0.15, 0.2) is 0 Å². The van der Waals surface area contributed by atoms with Crippen LogP contribution in [-0.2, 0) is 0 Å². The van der Waals surface area contributed by atoms with Crippen molar-refractivity contribution in [1.29, 1.82) is 0 Å². The summed E-state index contributed by atoms with van der Waals surface area (Å²) in [7, 11) is 0. The van der Waals surface area contributed by atoms with Crippen LogP contribution in [0.15, 0.2) is 12.3 Å². The molecular weight excluding hydrogens is 140 g/mol. The highest BCUT2D eigenvalue weighted by molar-refractivity contribution is 4.82. The Morgan fingerprint density at radius 1 is 1.64 bits per heavy atom. The number of aliphatic hydroxyl groups is 1. The molecule has 0 bridgehead atoms. The average Bonchev–Trinajstić information content (AvgIpc) is 1.98. The first-order chi connectivity index (χ1) is 5.07. The summed E-state index contributed by atoms with van der Waals surface area (Å²) in [6, 6.07) is 0. The van der Waals surface area contributed by atoms with Crippen LogP contribution in [-0.4, -0.2) is 11.3 Å². The van der Waals surface area contributed by atoms with Gasteiger partial charge in [0.05, 0.1) is 0 Å². The molecule has 2 unspecified atom stereocenters. The minimum atomic E-state index is -0.503. The molecule has 0 heterocycles. The van der Waals surface area contributed by atoms with Crippen LogP contribution in [0.2, 0.25) is 0 Å². The average molecular weight is 158 g/mol. The Labute approximate surface area is 68.5 Å². The largest absolute Gasteiger partial charge is 0.377 e. The van der Waals surface area contributed by atoms with Crippen molar-refractivity contribution in [3.05, 3.63) is 12.3 Å². The molecule has 3 N–H and O–H groups in total. The van der Waals surface area contributed by atoms with Crippen molar-refractivity contribution in [1.82, 2.24) is 10.9 Å². The van der Waals surface area contributed by atoms with Crippen LogP contribution in [0, 0.1) is 5.92 Å². The van der Waals surface area contributed by atoms with E-state index in [0.29, 0.717) is 0 Å². The van der Waals surface area contributed by atoms with Crippen LogP contribution in [0.5, 0.6) is 0 Å². The molecular formula is C8H18N2O. The van der Waals surface area contributed by atoms with E-state index in [1.54, 1.807) is 0 Å². The molecule has 0 rings (SSSR count). The van der Waals surface area contributed by atoms with Gasteiger partial charge < -0.3 is 10.5 Å². The SMILES string of the molecule is C=C(C)NNC(O)C(C)CC. The minimum absolute atomic E-state index is 0.252. The fourth-order valence-corrected chi connectivity index (χ4v) is 0.563. The van der Waals surface area contributed by atoms with Crippen molar-refractivity contribution in [2.45, 2.75) is 33.4 Å². The summed E-state index contributed by atoms with van der Waals surface area (Å²) in [6.07, 6.45) is 0.447. The quantitative estimate of drug-likeness (QED) is 0.413. The lowest BCUT2D eigenvalue weighted by molar-refractivity contribution is 0.0700. The van der Waals surface area contributed by atoms with E-state index < -0.39 is 6.23 Å². The predicted octanol–water partition coefficient (Wildman–Crippen LogP) is 0.979. The van der Waals surface area contributed by atoms with Gasteiger partial charge in [0, 0.05) is 5.70 Å². The molecule has 0 amide bonds. The van der Waals surface area contributed by atoms with Crippen LogP contribution < -0.4 is 10.9 Å². The number of nitrogens with one attached hydrogen (secondary N) is 2. The van der Waals surface area contributed by atoms with Gasteiger partial charge in [-0.2, -0.15) is 0 Å². The molecule has 2 atom stereocenters. The minimum Gasteiger partial charge on any atom is -0.377 e.